The maximum atomic E-state index is 12.7. The van der Waals surface area contributed by atoms with Crippen LogP contribution in [0.3, 0.4) is 0 Å². The van der Waals surface area contributed by atoms with Crippen molar-refractivity contribution in [3.8, 4) is 5.75 Å². The van der Waals surface area contributed by atoms with Crippen LogP contribution < -0.4 is 15.8 Å². The number of carbonyl (C=O) groups is 1. The normalized spacial score (nSPS) is 10.1. The number of halogens is 1. The van der Waals surface area contributed by atoms with Crippen LogP contribution in [0.25, 0.3) is 0 Å². The monoisotopic (exact) mass is 274 g/mol. The van der Waals surface area contributed by atoms with Crippen molar-refractivity contribution in [2.45, 2.75) is 6.92 Å². The van der Waals surface area contributed by atoms with Crippen molar-refractivity contribution in [3.05, 3.63) is 53.8 Å². The summed E-state index contributed by atoms with van der Waals surface area (Å²) in [5.74, 6) is -0.0892. The molecule has 4 nitrogen and oxygen atoms in total. The maximum Gasteiger partial charge on any atom is 0.262 e. The summed E-state index contributed by atoms with van der Waals surface area (Å²) in [7, 11) is 0. The van der Waals surface area contributed by atoms with Crippen molar-refractivity contribution < 1.29 is 13.9 Å². The highest BCUT2D eigenvalue weighted by Gasteiger charge is 2.04. The highest BCUT2D eigenvalue weighted by Crippen LogP contribution is 2.18. The molecule has 0 unspecified atom stereocenters. The van der Waals surface area contributed by atoms with E-state index >= 15 is 0 Å². The predicted molar refractivity (Wildman–Crippen MR) is 76.1 cm³/mol. The number of ether oxygens (including phenoxy) is 1. The van der Waals surface area contributed by atoms with E-state index in [9.17, 15) is 9.18 Å². The van der Waals surface area contributed by atoms with Gasteiger partial charge in [0.05, 0.1) is 0 Å². The molecule has 2 rings (SSSR count). The van der Waals surface area contributed by atoms with Gasteiger partial charge in [-0.25, -0.2) is 4.39 Å². The highest BCUT2D eigenvalue weighted by atomic mass is 19.1. The summed E-state index contributed by atoms with van der Waals surface area (Å²) in [6.45, 7) is 1.74. The Morgan fingerprint density at radius 2 is 1.95 bits per heavy atom. The van der Waals surface area contributed by atoms with Crippen molar-refractivity contribution in [3.63, 3.8) is 0 Å². The van der Waals surface area contributed by atoms with Crippen LogP contribution in [0.1, 0.15) is 5.56 Å². The van der Waals surface area contributed by atoms with Gasteiger partial charge in [-0.15, -0.1) is 0 Å². The van der Waals surface area contributed by atoms with E-state index in [1.807, 2.05) is 6.92 Å². The number of nitrogen functional groups attached to an aromatic ring is 1. The largest absolute Gasteiger partial charge is 0.484 e. The molecule has 0 aliphatic heterocycles. The van der Waals surface area contributed by atoms with Gasteiger partial charge < -0.3 is 15.8 Å². The average molecular weight is 274 g/mol. The molecular weight excluding hydrogens is 259 g/mol. The third kappa shape index (κ3) is 3.71. The van der Waals surface area contributed by atoms with E-state index in [0.29, 0.717) is 17.1 Å². The van der Waals surface area contributed by atoms with E-state index in [1.165, 1.54) is 24.3 Å². The van der Waals surface area contributed by atoms with Crippen LogP contribution >= 0.6 is 0 Å². The number of carbonyl (C=O) groups excluding carboxylic acids is 1. The summed E-state index contributed by atoms with van der Waals surface area (Å²) < 4.78 is 18.1. The van der Waals surface area contributed by atoms with E-state index in [2.05, 4.69) is 5.32 Å². The predicted octanol–water partition coefficient (Wildman–Crippen LogP) is 2.73. The van der Waals surface area contributed by atoms with Crippen LogP contribution in [0.4, 0.5) is 15.8 Å². The molecule has 0 atom stereocenters. The van der Waals surface area contributed by atoms with Gasteiger partial charge in [0.1, 0.15) is 11.6 Å². The summed E-state index contributed by atoms with van der Waals surface area (Å²) in [5.41, 5.74) is 7.78. The lowest BCUT2D eigenvalue weighted by Crippen LogP contribution is -2.20. The van der Waals surface area contributed by atoms with E-state index in [-0.39, 0.29) is 18.3 Å². The third-order valence-corrected chi connectivity index (χ3v) is 2.74. The number of hydrogen-bond acceptors (Lipinski definition) is 3. The summed E-state index contributed by atoms with van der Waals surface area (Å²) >= 11 is 0. The summed E-state index contributed by atoms with van der Waals surface area (Å²) in [4.78, 5) is 11.7. The fourth-order valence-corrected chi connectivity index (χ4v) is 1.62. The minimum absolute atomic E-state index is 0.124. The second-order valence-corrected chi connectivity index (χ2v) is 4.36. The maximum absolute atomic E-state index is 12.7. The lowest BCUT2D eigenvalue weighted by molar-refractivity contribution is -0.118. The van der Waals surface area contributed by atoms with Crippen molar-refractivity contribution in [1.29, 1.82) is 0 Å². The standard InChI is InChI=1S/C15H15FN2O2/c1-10-8-13(6-7-14(10)17)20-9-15(19)18-12-4-2-11(16)3-5-12/h2-8H,9,17H2,1H3,(H,18,19). The van der Waals surface area contributed by atoms with Gasteiger partial charge in [-0.1, -0.05) is 0 Å². The first kappa shape index (κ1) is 13.9. The van der Waals surface area contributed by atoms with E-state index < -0.39 is 0 Å². The molecule has 0 radical (unpaired) electrons. The molecule has 0 aromatic heterocycles. The van der Waals surface area contributed by atoms with Gasteiger partial charge in [0.2, 0.25) is 0 Å². The molecule has 0 aliphatic carbocycles. The van der Waals surface area contributed by atoms with Gasteiger partial charge >= 0.3 is 0 Å². The second kappa shape index (κ2) is 6.06. The van der Waals surface area contributed by atoms with Crippen LogP contribution in [0, 0.1) is 12.7 Å². The van der Waals surface area contributed by atoms with Crippen molar-refractivity contribution >= 4 is 17.3 Å². The summed E-state index contributed by atoms with van der Waals surface area (Å²) in [5, 5.41) is 2.61. The van der Waals surface area contributed by atoms with Crippen molar-refractivity contribution in [1.82, 2.24) is 0 Å². The quantitative estimate of drug-likeness (QED) is 0.842. The summed E-state index contributed by atoms with van der Waals surface area (Å²) in [6.07, 6.45) is 0. The minimum Gasteiger partial charge on any atom is -0.484 e. The van der Waals surface area contributed by atoms with Crippen LogP contribution in [-0.2, 0) is 4.79 Å². The van der Waals surface area contributed by atoms with Gasteiger partial charge in [-0.2, -0.15) is 0 Å². The minimum atomic E-state index is -0.350. The average Bonchev–Trinajstić information content (AvgIpc) is 2.43. The molecule has 2 aromatic carbocycles. The summed E-state index contributed by atoms with van der Waals surface area (Å²) in [6, 6.07) is 10.7. The molecule has 2 aromatic rings. The van der Waals surface area contributed by atoms with Gasteiger partial charge in [-0.05, 0) is 55.0 Å². The number of hydrogen-bond donors (Lipinski definition) is 2. The zero-order valence-electron chi connectivity index (χ0n) is 11.0. The Kier molecular flexibility index (Phi) is 4.20. The molecule has 0 saturated heterocycles. The molecule has 0 bridgehead atoms. The lowest BCUT2D eigenvalue weighted by Gasteiger charge is -2.09. The number of rotatable bonds is 4. The smallest absolute Gasteiger partial charge is 0.262 e. The molecule has 0 aliphatic rings. The Hall–Kier alpha value is -2.56. The topological polar surface area (TPSA) is 64.3 Å². The second-order valence-electron chi connectivity index (χ2n) is 4.36. The number of nitrogens with two attached hydrogens (primary N) is 1. The fraction of sp³-hybridized carbons (Fsp3) is 0.133. The Morgan fingerprint density at radius 3 is 2.60 bits per heavy atom. The molecular formula is C15H15FN2O2. The first-order chi connectivity index (χ1) is 9.54. The molecule has 0 saturated carbocycles. The molecule has 0 fully saturated rings. The van der Waals surface area contributed by atoms with E-state index in [0.717, 1.165) is 5.56 Å². The number of amides is 1. The Morgan fingerprint density at radius 1 is 1.25 bits per heavy atom. The molecule has 3 N–H and O–H groups in total. The molecule has 5 heteroatoms. The Bertz CT molecular complexity index is 612. The van der Waals surface area contributed by atoms with E-state index in [4.69, 9.17) is 10.5 Å². The third-order valence-electron chi connectivity index (χ3n) is 2.74. The van der Waals surface area contributed by atoms with Crippen LogP contribution in [0.2, 0.25) is 0 Å². The van der Waals surface area contributed by atoms with Gasteiger partial charge in [-0.3, -0.25) is 4.79 Å². The van der Waals surface area contributed by atoms with Crippen LogP contribution in [0.5, 0.6) is 5.75 Å². The molecule has 1 amide bonds. The van der Waals surface area contributed by atoms with E-state index in [1.54, 1.807) is 18.2 Å². The molecule has 0 spiro atoms. The number of benzene rings is 2. The van der Waals surface area contributed by atoms with Crippen molar-refractivity contribution in [2.24, 2.45) is 0 Å². The zero-order valence-corrected chi connectivity index (χ0v) is 11.0. The highest BCUT2D eigenvalue weighted by molar-refractivity contribution is 5.91. The van der Waals surface area contributed by atoms with Crippen LogP contribution in [-0.4, -0.2) is 12.5 Å². The molecule has 104 valence electrons. The lowest BCUT2D eigenvalue weighted by atomic mass is 10.2. The van der Waals surface area contributed by atoms with Gasteiger partial charge in [0.25, 0.3) is 5.91 Å². The molecule has 0 heterocycles. The van der Waals surface area contributed by atoms with Gasteiger partial charge in [0, 0.05) is 11.4 Å². The SMILES string of the molecule is Cc1cc(OCC(=O)Nc2ccc(F)cc2)ccc1N. The number of nitrogens with one attached hydrogen (secondary N) is 1. The Balaban J connectivity index is 1.88. The van der Waals surface area contributed by atoms with Crippen molar-refractivity contribution in [2.75, 3.05) is 17.7 Å². The zero-order chi connectivity index (χ0) is 14.5. The fourth-order valence-electron chi connectivity index (χ4n) is 1.62. The number of aryl methyl sites for hydroxylation is 1. The van der Waals surface area contributed by atoms with Gasteiger partial charge in [0.15, 0.2) is 6.61 Å². The first-order valence-electron chi connectivity index (χ1n) is 6.09. The Labute approximate surface area is 116 Å². The number of anilines is 2. The first-order valence-corrected chi connectivity index (χ1v) is 6.09. The van der Waals surface area contributed by atoms with Crippen LogP contribution in [0.15, 0.2) is 42.5 Å². The molecule has 20 heavy (non-hydrogen) atoms.